The third kappa shape index (κ3) is 2.45. The normalized spacial score (nSPS) is 45.9. The van der Waals surface area contributed by atoms with E-state index in [4.69, 9.17) is 6.42 Å². The topological polar surface area (TPSA) is 57.5 Å². The molecule has 0 bridgehead atoms. The standard InChI is InChI=1S/C21H32O3/c1-5-9-20-11-7-16(22)14-21(20,24)12-6-15-13-19(4,18(2,3)23)10-8-17(15)20/h1,15,17,23-24H,6-14H2,2-4H3/t15?,17?,19?,20-,21?/m1/s1. The third-order valence-electron chi connectivity index (χ3n) is 8.09. The summed E-state index contributed by atoms with van der Waals surface area (Å²) in [7, 11) is 0. The second-order valence-corrected chi connectivity index (χ2v) is 9.55. The number of terminal acetylenes is 1. The van der Waals surface area contributed by atoms with E-state index in [2.05, 4.69) is 12.8 Å². The first kappa shape index (κ1) is 18.0. The van der Waals surface area contributed by atoms with E-state index < -0.39 is 11.2 Å². The van der Waals surface area contributed by atoms with Gasteiger partial charge in [-0.3, -0.25) is 4.79 Å². The summed E-state index contributed by atoms with van der Waals surface area (Å²) in [5.41, 5.74) is -2.02. The molecule has 4 unspecified atom stereocenters. The molecule has 3 rings (SSSR count). The summed E-state index contributed by atoms with van der Waals surface area (Å²) in [5.74, 6) is 3.87. The molecule has 0 amide bonds. The van der Waals surface area contributed by atoms with Crippen LogP contribution in [0.5, 0.6) is 0 Å². The fourth-order valence-electron chi connectivity index (χ4n) is 6.16. The van der Waals surface area contributed by atoms with Crippen molar-refractivity contribution in [1.29, 1.82) is 0 Å². The number of hydrogen-bond donors (Lipinski definition) is 2. The first-order valence-corrected chi connectivity index (χ1v) is 9.47. The maximum Gasteiger partial charge on any atom is 0.135 e. The molecule has 2 N–H and O–H groups in total. The maximum atomic E-state index is 12.0. The molecule has 0 radical (unpaired) electrons. The summed E-state index contributed by atoms with van der Waals surface area (Å²) in [6.45, 7) is 6.04. The van der Waals surface area contributed by atoms with Crippen LogP contribution in [-0.2, 0) is 4.79 Å². The number of ketones is 1. The summed E-state index contributed by atoms with van der Waals surface area (Å²) >= 11 is 0. The lowest BCUT2D eigenvalue weighted by Gasteiger charge is -2.63. The molecule has 0 heterocycles. The van der Waals surface area contributed by atoms with Crippen LogP contribution in [0.4, 0.5) is 0 Å². The van der Waals surface area contributed by atoms with Gasteiger partial charge in [0.05, 0.1) is 11.2 Å². The molecule has 24 heavy (non-hydrogen) atoms. The number of carbonyl (C=O) groups is 1. The van der Waals surface area contributed by atoms with E-state index >= 15 is 0 Å². The number of carbonyl (C=O) groups excluding carboxylic acids is 1. The van der Waals surface area contributed by atoms with Gasteiger partial charge >= 0.3 is 0 Å². The molecule has 3 aliphatic carbocycles. The molecule has 0 aromatic carbocycles. The highest BCUT2D eigenvalue weighted by atomic mass is 16.3. The smallest absolute Gasteiger partial charge is 0.135 e. The molecule has 0 spiro atoms. The minimum atomic E-state index is -0.918. The summed E-state index contributed by atoms with van der Waals surface area (Å²) in [6, 6.07) is 0. The molecule has 3 nitrogen and oxygen atoms in total. The van der Waals surface area contributed by atoms with E-state index in [1.165, 1.54) is 0 Å². The van der Waals surface area contributed by atoms with Gasteiger partial charge in [-0.05, 0) is 69.6 Å². The van der Waals surface area contributed by atoms with Crippen molar-refractivity contribution in [3.8, 4) is 12.3 Å². The molecule has 0 aromatic heterocycles. The number of Topliss-reactive ketones (excluding diaryl/α,β-unsaturated/α-hetero) is 1. The van der Waals surface area contributed by atoms with Gasteiger partial charge in [0, 0.05) is 24.7 Å². The predicted molar refractivity (Wildman–Crippen MR) is 94.2 cm³/mol. The summed E-state index contributed by atoms with van der Waals surface area (Å²) in [5, 5.41) is 22.1. The average molecular weight is 332 g/mol. The first-order chi connectivity index (χ1) is 11.1. The van der Waals surface area contributed by atoms with Gasteiger partial charge in [-0.2, -0.15) is 0 Å². The molecule has 0 aliphatic heterocycles. The SMILES string of the molecule is C#CC[C@]12CCC(=O)CC1(O)CCC1CC(C)(C(C)(C)O)CCC12. The summed E-state index contributed by atoms with van der Waals surface area (Å²) < 4.78 is 0. The van der Waals surface area contributed by atoms with Crippen molar-refractivity contribution in [2.24, 2.45) is 22.7 Å². The van der Waals surface area contributed by atoms with Crippen molar-refractivity contribution in [3.63, 3.8) is 0 Å². The second-order valence-electron chi connectivity index (χ2n) is 9.55. The number of rotatable bonds is 2. The Hall–Kier alpha value is -0.850. The van der Waals surface area contributed by atoms with Crippen LogP contribution in [0.3, 0.4) is 0 Å². The maximum absolute atomic E-state index is 12.0. The van der Waals surface area contributed by atoms with Gasteiger partial charge in [-0.15, -0.1) is 12.3 Å². The van der Waals surface area contributed by atoms with Gasteiger partial charge < -0.3 is 10.2 Å². The second kappa shape index (κ2) is 5.58. The van der Waals surface area contributed by atoms with E-state index in [0.29, 0.717) is 31.1 Å². The lowest BCUT2D eigenvalue weighted by molar-refractivity contribution is -0.208. The van der Waals surface area contributed by atoms with Crippen LogP contribution < -0.4 is 0 Å². The monoisotopic (exact) mass is 332 g/mol. The van der Waals surface area contributed by atoms with Gasteiger partial charge in [0.25, 0.3) is 0 Å². The van der Waals surface area contributed by atoms with Crippen LogP contribution in [0.15, 0.2) is 0 Å². The quantitative estimate of drug-likeness (QED) is 0.761. The molecule has 0 saturated heterocycles. The van der Waals surface area contributed by atoms with Crippen molar-refractivity contribution in [2.75, 3.05) is 0 Å². The van der Waals surface area contributed by atoms with Crippen LogP contribution >= 0.6 is 0 Å². The molecular weight excluding hydrogens is 300 g/mol. The predicted octanol–water partition coefficient (Wildman–Crippen LogP) is 3.47. The van der Waals surface area contributed by atoms with Gasteiger partial charge in [0.15, 0.2) is 0 Å². The van der Waals surface area contributed by atoms with E-state index in [1.54, 1.807) is 0 Å². The highest BCUT2D eigenvalue weighted by Crippen LogP contribution is 2.64. The van der Waals surface area contributed by atoms with Crippen molar-refractivity contribution in [3.05, 3.63) is 0 Å². The zero-order valence-electron chi connectivity index (χ0n) is 15.4. The fourth-order valence-corrected chi connectivity index (χ4v) is 6.16. The summed E-state index contributed by atoms with van der Waals surface area (Å²) in [6.07, 6.45) is 12.4. The highest BCUT2D eigenvalue weighted by Gasteiger charge is 2.63. The average Bonchev–Trinajstić information content (AvgIpc) is 2.47. The van der Waals surface area contributed by atoms with E-state index in [0.717, 1.165) is 32.1 Å². The van der Waals surface area contributed by atoms with Gasteiger partial charge in [-0.1, -0.05) is 6.92 Å². The Bertz CT molecular complexity index is 569. The molecule has 134 valence electrons. The van der Waals surface area contributed by atoms with Gasteiger partial charge in [-0.25, -0.2) is 0 Å². The molecule has 5 atom stereocenters. The molecular formula is C21H32O3. The number of aliphatic hydroxyl groups is 2. The van der Waals surface area contributed by atoms with Crippen LogP contribution in [0.2, 0.25) is 0 Å². The molecule has 3 heteroatoms. The van der Waals surface area contributed by atoms with E-state index in [1.807, 2.05) is 13.8 Å². The number of hydrogen-bond acceptors (Lipinski definition) is 3. The van der Waals surface area contributed by atoms with Crippen molar-refractivity contribution in [1.82, 2.24) is 0 Å². The Morgan fingerprint density at radius 1 is 1.29 bits per heavy atom. The Balaban J connectivity index is 1.94. The fraction of sp³-hybridized carbons (Fsp3) is 0.857. The van der Waals surface area contributed by atoms with Crippen LogP contribution in [0.25, 0.3) is 0 Å². The summed E-state index contributed by atoms with van der Waals surface area (Å²) in [4.78, 5) is 12.0. The Morgan fingerprint density at radius 2 is 2.00 bits per heavy atom. The zero-order chi connectivity index (χ0) is 17.8. The Morgan fingerprint density at radius 3 is 2.62 bits per heavy atom. The lowest BCUT2D eigenvalue weighted by Crippen LogP contribution is -2.63. The molecule has 3 saturated carbocycles. The zero-order valence-corrected chi connectivity index (χ0v) is 15.4. The molecule has 3 fully saturated rings. The largest absolute Gasteiger partial charge is 0.390 e. The van der Waals surface area contributed by atoms with E-state index in [9.17, 15) is 15.0 Å². The molecule has 0 aromatic rings. The Labute approximate surface area is 146 Å². The first-order valence-electron chi connectivity index (χ1n) is 9.47. The van der Waals surface area contributed by atoms with Crippen LogP contribution in [0, 0.1) is 35.0 Å². The van der Waals surface area contributed by atoms with Crippen LogP contribution in [0.1, 0.15) is 78.6 Å². The lowest BCUT2D eigenvalue weighted by atomic mass is 9.43. The minimum Gasteiger partial charge on any atom is -0.390 e. The highest BCUT2D eigenvalue weighted by molar-refractivity contribution is 5.81. The third-order valence-corrected chi connectivity index (χ3v) is 8.09. The van der Waals surface area contributed by atoms with Crippen LogP contribution in [-0.4, -0.2) is 27.2 Å². The minimum absolute atomic E-state index is 0.0918. The van der Waals surface area contributed by atoms with Gasteiger partial charge in [0.1, 0.15) is 5.78 Å². The van der Waals surface area contributed by atoms with Crippen molar-refractivity contribution >= 4 is 5.78 Å². The van der Waals surface area contributed by atoms with Crippen molar-refractivity contribution in [2.45, 2.75) is 89.8 Å². The molecule has 3 aliphatic rings. The van der Waals surface area contributed by atoms with E-state index in [-0.39, 0.29) is 23.0 Å². The Kier molecular flexibility index (Phi) is 4.17. The van der Waals surface area contributed by atoms with Crippen molar-refractivity contribution < 1.29 is 15.0 Å². The van der Waals surface area contributed by atoms with Gasteiger partial charge in [0.2, 0.25) is 0 Å². The number of fused-ring (bicyclic) bond motifs is 3.